The molecule has 1 aliphatic heterocycles. The molecule has 1 aromatic carbocycles. The first-order valence-electron chi connectivity index (χ1n) is 7.47. The van der Waals surface area contributed by atoms with E-state index in [1.807, 2.05) is 18.2 Å². The molecule has 0 saturated heterocycles. The van der Waals surface area contributed by atoms with Crippen molar-refractivity contribution in [1.82, 2.24) is 10.0 Å². The Kier molecular flexibility index (Phi) is 4.19. The second-order valence-electron chi connectivity index (χ2n) is 5.88. The van der Waals surface area contributed by atoms with Crippen molar-refractivity contribution in [2.75, 3.05) is 12.9 Å². The SMILES string of the molecule is COc1ccc2c(c1)CNC2CS(=O)(=O)NC1CCCC1. The Morgan fingerprint density at radius 3 is 2.81 bits per heavy atom. The predicted octanol–water partition coefficient (Wildman–Crippen LogP) is 1.70. The molecule has 1 unspecified atom stereocenters. The Morgan fingerprint density at radius 1 is 1.33 bits per heavy atom. The van der Waals surface area contributed by atoms with Crippen LogP contribution in [0.3, 0.4) is 0 Å². The van der Waals surface area contributed by atoms with Gasteiger partial charge in [-0.25, -0.2) is 13.1 Å². The largest absolute Gasteiger partial charge is 0.497 e. The maximum atomic E-state index is 12.3. The van der Waals surface area contributed by atoms with Gasteiger partial charge < -0.3 is 10.1 Å². The molecule has 1 fully saturated rings. The fraction of sp³-hybridized carbons (Fsp3) is 0.600. The molecule has 1 heterocycles. The van der Waals surface area contributed by atoms with Gasteiger partial charge in [-0.3, -0.25) is 0 Å². The summed E-state index contributed by atoms with van der Waals surface area (Å²) in [6.45, 7) is 0.691. The maximum absolute atomic E-state index is 12.3. The van der Waals surface area contributed by atoms with Gasteiger partial charge in [0.15, 0.2) is 0 Å². The standard InChI is InChI=1S/C15H22N2O3S/c1-20-13-6-7-14-11(8-13)9-16-15(14)10-21(18,19)17-12-4-2-3-5-12/h6-8,12,15-17H,2-5,9-10H2,1H3. The molecule has 1 aromatic rings. The quantitative estimate of drug-likeness (QED) is 0.869. The molecule has 0 amide bonds. The van der Waals surface area contributed by atoms with Crippen molar-refractivity contribution in [2.24, 2.45) is 0 Å². The van der Waals surface area contributed by atoms with E-state index in [2.05, 4.69) is 10.0 Å². The highest BCUT2D eigenvalue weighted by molar-refractivity contribution is 7.89. The summed E-state index contributed by atoms with van der Waals surface area (Å²) in [6, 6.07) is 5.82. The topological polar surface area (TPSA) is 67.4 Å². The smallest absolute Gasteiger partial charge is 0.213 e. The minimum Gasteiger partial charge on any atom is -0.497 e. The minimum absolute atomic E-state index is 0.100. The Morgan fingerprint density at radius 2 is 2.10 bits per heavy atom. The zero-order valence-electron chi connectivity index (χ0n) is 12.3. The van der Waals surface area contributed by atoms with Gasteiger partial charge in [0, 0.05) is 18.6 Å². The Hall–Kier alpha value is -1.11. The molecule has 1 aliphatic carbocycles. The van der Waals surface area contributed by atoms with Crippen LogP contribution in [-0.4, -0.2) is 27.3 Å². The molecule has 21 heavy (non-hydrogen) atoms. The molecule has 3 rings (SSSR count). The van der Waals surface area contributed by atoms with Crippen LogP contribution >= 0.6 is 0 Å². The zero-order valence-corrected chi connectivity index (χ0v) is 13.1. The van der Waals surface area contributed by atoms with Crippen LogP contribution in [0.25, 0.3) is 0 Å². The highest BCUT2D eigenvalue weighted by Crippen LogP contribution is 2.29. The molecule has 1 saturated carbocycles. The van der Waals surface area contributed by atoms with Crippen LogP contribution in [-0.2, 0) is 16.6 Å². The summed E-state index contributed by atoms with van der Waals surface area (Å²) < 4.78 is 32.6. The normalized spacial score (nSPS) is 22.4. The van der Waals surface area contributed by atoms with Crippen molar-refractivity contribution in [3.63, 3.8) is 0 Å². The van der Waals surface area contributed by atoms with Gasteiger partial charge in [-0.15, -0.1) is 0 Å². The Balaban J connectivity index is 1.69. The van der Waals surface area contributed by atoms with Crippen molar-refractivity contribution in [3.8, 4) is 5.75 Å². The van der Waals surface area contributed by atoms with Gasteiger partial charge in [0.1, 0.15) is 5.75 Å². The van der Waals surface area contributed by atoms with Crippen LogP contribution in [0.1, 0.15) is 42.9 Å². The first-order valence-corrected chi connectivity index (χ1v) is 9.13. The van der Waals surface area contributed by atoms with Crippen LogP contribution in [0.15, 0.2) is 18.2 Å². The summed E-state index contributed by atoms with van der Waals surface area (Å²) >= 11 is 0. The lowest BCUT2D eigenvalue weighted by molar-refractivity contribution is 0.414. The number of hydrogen-bond donors (Lipinski definition) is 2. The minimum atomic E-state index is -3.25. The van der Waals surface area contributed by atoms with Gasteiger partial charge in [0.05, 0.1) is 12.9 Å². The molecule has 1 atom stereocenters. The van der Waals surface area contributed by atoms with Gasteiger partial charge >= 0.3 is 0 Å². The third-order valence-electron chi connectivity index (χ3n) is 4.35. The lowest BCUT2D eigenvalue weighted by atomic mass is 10.1. The van der Waals surface area contributed by atoms with Gasteiger partial charge in [0.2, 0.25) is 10.0 Å². The third-order valence-corrected chi connectivity index (χ3v) is 5.82. The van der Waals surface area contributed by atoms with E-state index in [1.54, 1.807) is 7.11 Å². The van der Waals surface area contributed by atoms with Crippen LogP contribution in [0, 0.1) is 0 Å². The number of sulfonamides is 1. The Labute approximate surface area is 126 Å². The molecule has 6 heteroatoms. The number of ether oxygens (including phenoxy) is 1. The van der Waals surface area contributed by atoms with E-state index in [9.17, 15) is 8.42 Å². The molecule has 0 aromatic heterocycles. The van der Waals surface area contributed by atoms with Crippen molar-refractivity contribution in [1.29, 1.82) is 0 Å². The number of methoxy groups -OCH3 is 1. The van der Waals surface area contributed by atoms with E-state index in [0.29, 0.717) is 6.54 Å². The van der Waals surface area contributed by atoms with Crippen LogP contribution in [0.5, 0.6) is 5.75 Å². The van der Waals surface area contributed by atoms with Crippen LogP contribution in [0.4, 0.5) is 0 Å². The first-order chi connectivity index (χ1) is 10.1. The molecule has 116 valence electrons. The molecule has 2 N–H and O–H groups in total. The highest BCUT2D eigenvalue weighted by atomic mass is 32.2. The number of benzene rings is 1. The maximum Gasteiger partial charge on any atom is 0.213 e. The number of nitrogens with one attached hydrogen (secondary N) is 2. The van der Waals surface area contributed by atoms with E-state index in [1.165, 1.54) is 0 Å². The van der Waals surface area contributed by atoms with E-state index < -0.39 is 10.0 Å². The fourth-order valence-electron chi connectivity index (χ4n) is 3.26. The molecular formula is C15H22N2O3S. The van der Waals surface area contributed by atoms with Crippen LogP contribution < -0.4 is 14.8 Å². The number of rotatable bonds is 5. The van der Waals surface area contributed by atoms with Crippen molar-refractivity contribution in [3.05, 3.63) is 29.3 Å². The van der Waals surface area contributed by atoms with Gasteiger partial charge in [-0.1, -0.05) is 18.9 Å². The van der Waals surface area contributed by atoms with Gasteiger partial charge in [-0.2, -0.15) is 0 Å². The molecule has 0 radical (unpaired) electrons. The molecule has 0 spiro atoms. The van der Waals surface area contributed by atoms with Crippen molar-refractivity contribution >= 4 is 10.0 Å². The summed E-state index contributed by atoms with van der Waals surface area (Å²) in [5.74, 6) is 0.908. The monoisotopic (exact) mass is 310 g/mol. The highest BCUT2D eigenvalue weighted by Gasteiger charge is 2.29. The fourth-order valence-corrected chi connectivity index (χ4v) is 4.84. The lowest BCUT2D eigenvalue weighted by Gasteiger charge is -2.16. The van der Waals surface area contributed by atoms with E-state index in [0.717, 1.165) is 42.6 Å². The molecule has 0 bridgehead atoms. The summed E-state index contributed by atoms with van der Waals surface area (Å²) in [7, 11) is -1.61. The number of hydrogen-bond acceptors (Lipinski definition) is 4. The van der Waals surface area contributed by atoms with Crippen LogP contribution in [0.2, 0.25) is 0 Å². The average molecular weight is 310 g/mol. The molecule has 5 nitrogen and oxygen atoms in total. The Bertz CT molecular complexity index is 609. The lowest BCUT2D eigenvalue weighted by Crippen LogP contribution is -2.37. The molecule has 2 aliphatic rings. The predicted molar refractivity (Wildman–Crippen MR) is 81.8 cm³/mol. The summed E-state index contributed by atoms with van der Waals surface area (Å²) in [4.78, 5) is 0. The summed E-state index contributed by atoms with van der Waals surface area (Å²) in [5, 5.41) is 3.28. The summed E-state index contributed by atoms with van der Waals surface area (Å²) in [6.07, 6.45) is 4.17. The third kappa shape index (κ3) is 3.39. The van der Waals surface area contributed by atoms with E-state index >= 15 is 0 Å². The second-order valence-corrected chi connectivity index (χ2v) is 7.68. The zero-order chi connectivity index (χ0) is 14.9. The molecular weight excluding hydrogens is 288 g/mol. The van der Waals surface area contributed by atoms with Crippen molar-refractivity contribution in [2.45, 2.75) is 44.3 Å². The second kappa shape index (κ2) is 5.94. The average Bonchev–Trinajstić information content (AvgIpc) is 3.08. The number of fused-ring (bicyclic) bond motifs is 1. The van der Waals surface area contributed by atoms with E-state index in [4.69, 9.17) is 4.74 Å². The van der Waals surface area contributed by atoms with Crippen molar-refractivity contribution < 1.29 is 13.2 Å². The van der Waals surface area contributed by atoms with Gasteiger partial charge in [-0.05, 0) is 36.1 Å². The first kappa shape index (κ1) is 14.8. The van der Waals surface area contributed by atoms with E-state index in [-0.39, 0.29) is 17.8 Å². The summed E-state index contributed by atoms with van der Waals surface area (Å²) in [5.41, 5.74) is 2.18. The van der Waals surface area contributed by atoms with Gasteiger partial charge in [0.25, 0.3) is 0 Å².